The zero-order valence-corrected chi connectivity index (χ0v) is 19.2. The number of carbonyl (C=O) groups is 2. The number of aryl methyl sites for hydroxylation is 2. The molecule has 170 valence electrons. The largest absolute Gasteiger partial charge is 0.467 e. The van der Waals surface area contributed by atoms with Crippen molar-refractivity contribution in [3.63, 3.8) is 0 Å². The van der Waals surface area contributed by atoms with Gasteiger partial charge in [0.05, 0.1) is 19.4 Å². The van der Waals surface area contributed by atoms with E-state index < -0.39 is 0 Å². The molecule has 0 saturated heterocycles. The normalized spacial score (nSPS) is 11.8. The Hall–Kier alpha value is -3.48. The van der Waals surface area contributed by atoms with Crippen molar-refractivity contribution in [3.8, 4) is 0 Å². The summed E-state index contributed by atoms with van der Waals surface area (Å²) < 4.78 is 7.47. The molecular formula is C25H32N4O3. The molecule has 0 aliphatic heterocycles. The van der Waals surface area contributed by atoms with Crippen LogP contribution in [-0.4, -0.2) is 38.9 Å². The minimum Gasteiger partial charge on any atom is -0.467 e. The van der Waals surface area contributed by atoms with Gasteiger partial charge < -0.3 is 24.1 Å². The SMILES string of the molecule is CCC(C)N(CC(=O)N(Cc1ccco1)Cc1cccn1C)C(=O)Nc1cccc(C)c1. The van der Waals surface area contributed by atoms with E-state index in [2.05, 4.69) is 5.32 Å². The molecule has 0 saturated carbocycles. The molecule has 7 heteroatoms. The maximum atomic E-state index is 13.4. The number of carbonyl (C=O) groups excluding carboxylic acids is 2. The molecule has 0 aliphatic rings. The molecule has 1 N–H and O–H groups in total. The third-order valence-corrected chi connectivity index (χ3v) is 5.64. The molecular weight excluding hydrogens is 404 g/mol. The summed E-state index contributed by atoms with van der Waals surface area (Å²) >= 11 is 0. The van der Waals surface area contributed by atoms with Gasteiger partial charge in [-0.2, -0.15) is 0 Å². The second-order valence-electron chi connectivity index (χ2n) is 8.12. The van der Waals surface area contributed by atoms with E-state index in [-0.39, 0.29) is 24.5 Å². The van der Waals surface area contributed by atoms with Crippen molar-refractivity contribution in [1.29, 1.82) is 0 Å². The van der Waals surface area contributed by atoms with Crippen LogP contribution in [0, 0.1) is 6.92 Å². The third-order valence-electron chi connectivity index (χ3n) is 5.64. The Kier molecular flexibility index (Phi) is 7.76. The number of rotatable bonds is 9. The number of hydrogen-bond donors (Lipinski definition) is 1. The number of aromatic nitrogens is 1. The molecule has 0 fully saturated rings. The average molecular weight is 437 g/mol. The van der Waals surface area contributed by atoms with Gasteiger partial charge in [0.1, 0.15) is 12.3 Å². The number of benzene rings is 1. The molecule has 7 nitrogen and oxygen atoms in total. The first-order chi connectivity index (χ1) is 15.4. The molecule has 0 radical (unpaired) electrons. The van der Waals surface area contributed by atoms with Crippen LogP contribution in [0.25, 0.3) is 0 Å². The Bertz CT molecular complexity index is 1030. The van der Waals surface area contributed by atoms with Gasteiger partial charge in [-0.05, 0) is 62.2 Å². The van der Waals surface area contributed by atoms with Crippen LogP contribution in [0.2, 0.25) is 0 Å². The van der Waals surface area contributed by atoms with E-state index in [1.165, 1.54) is 0 Å². The first kappa shape index (κ1) is 23.2. The topological polar surface area (TPSA) is 70.7 Å². The van der Waals surface area contributed by atoms with Gasteiger partial charge in [-0.1, -0.05) is 19.1 Å². The zero-order valence-electron chi connectivity index (χ0n) is 19.2. The smallest absolute Gasteiger partial charge is 0.322 e. The van der Waals surface area contributed by atoms with Crippen LogP contribution in [-0.2, 0) is 24.9 Å². The van der Waals surface area contributed by atoms with Gasteiger partial charge in [-0.3, -0.25) is 4.79 Å². The summed E-state index contributed by atoms with van der Waals surface area (Å²) in [5.74, 6) is 0.564. The first-order valence-corrected chi connectivity index (χ1v) is 10.9. The molecule has 1 unspecified atom stereocenters. The maximum absolute atomic E-state index is 13.4. The van der Waals surface area contributed by atoms with Gasteiger partial charge in [0.2, 0.25) is 5.91 Å². The number of urea groups is 1. The Morgan fingerprint density at radius 2 is 1.94 bits per heavy atom. The molecule has 2 aromatic heterocycles. The lowest BCUT2D eigenvalue weighted by molar-refractivity contribution is -0.133. The Labute approximate surface area is 189 Å². The summed E-state index contributed by atoms with van der Waals surface area (Å²) in [6, 6.07) is 14.8. The van der Waals surface area contributed by atoms with Crippen molar-refractivity contribution in [2.75, 3.05) is 11.9 Å². The molecule has 0 bridgehead atoms. The van der Waals surface area contributed by atoms with E-state index in [1.807, 2.05) is 81.0 Å². The Morgan fingerprint density at radius 3 is 2.56 bits per heavy atom. The minimum absolute atomic E-state index is 0.0161. The number of furan rings is 1. The quantitative estimate of drug-likeness (QED) is 0.524. The highest BCUT2D eigenvalue weighted by Gasteiger charge is 2.26. The fraction of sp³-hybridized carbons (Fsp3) is 0.360. The summed E-state index contributed by atoms with van der Waals surface area (Å²) in [4.78, 5) is 29.8. The fourth-order valence-electron chi connectivity index (χ4n) is 3.49. The van der Waals surface area contributed by atoms with E-state index in [4.69, 9.17) is 4.42 Å². The highest BCUT2D eigenvalue weighted by atomic mass is 16.3. The van der Waals surface area contributed by atoms with Crippen molar-refractivity contribution in [3.05, 3.63) is 78.0 Å². The number of nitrogens with one attached hydrogen (secondary N) is 1. The number of nitrogens with zero attached hydrogens (tertiary/aromatic N) is 3. The highest BCUT2D eigenvalue weighted by molar-refractivity contribution is 5.92. The highest BCUT2D eigenvalue weighted by Crippen LogP contribution is 2.15. The monoisotopic (exact) mass is 436 g/mol. The lowest BCUT2D eigenvalue weighted by Crippen LogP contribution is -2.48. The lowest BCUT2D eigenvalue weighted by Gasteiger charge is -2.31. The lowest BCUT2D eigenvalue weighted by atomic mass is 10.2. The molecule has 0 aliphatic carbocycles. The fourth-order valence-corrected chi connectivity index (χ4v) is 3.49. The molecule has 3 rings (SSSR count). The van der Waals surface area contributed by atoms with Gasteiger partial charge in [0.15, 0.2) is 0 Å². The first-order valence-electron chi connectivity index (χ1n) is 10.9. The maximum Gasteiger partial charge on any atom is 0.322 e. The average Bonchev–Trinajstić information content (AvgIpc) is 3.42. The van der Waals surface area contributed by atoms with Gasteiger partial charge in [0, 0.05) is 30.7 Å². The van der Waals surface area contributed by atoms with Crippen LogP contribution < -0.4 is 5.32 Å². The number of amides is 3. The second kappa shape index (κ2) is 10.7. The van der Waals surface area contributed by atoms with Crippen LogP contribution in [0.1, 0.15) is 37.3 Å². The van der Waals surface area contributed by atoms with Crippen LogP contribution >= 0.6 is 0 Å². The van der Waals surface area contributed by atoms with Gasteiger partial charge in [-0.25, -0.2) is 4.79 Å². The summed E-state index contributed by atoms with van der Waals surface area (Å²) in [6.07, 6.45) is 4.29. The molecule has 2 heterocycles. The molecule has 32 heavy (non-hydrogen) atoms. The van der Waals surface area contributed by atoms with E-state index >= 15 is 0 Å². The van der Waals surface area contributed by atoms with Crippen LogP contribution in [0.5, 0.6) is 0 Å². The van der Waals surface area contributed by atoms with E-state index in [1.54, 1.807) is 22.1 Å². The zero-order chi connectivity index (χ0) is 23.1. The van der Waals surface area contributed by atoms with E-state index in [0.717, 1.165) is 17.7 Å². The molecule has 0 spiro atoms. The van der Waals surface area contributed by atoms with Crippen LogP contribution in [0.4, 0.5) is 10.5 Å². The predicted octanol–water partition coefficient (Wildman–Crippen LogP) is 4.79. The molecule has 1 atom stereocenters. The van der Waals surface area contributed by atoms with Crippen molar-refractivity contribution in [2.24, 2.45) is 7.05 Å². The van der Waals surface area contributed by atoms with E-state index in [9.17, 15) is 9.59 Å². The van der Waals surface area contributed by atoms with E-state index in [0.29, 0.717) is 24.5 Å². The summed E-state index contributed by atoms with van der Waals surface area (Å²) in [5.41, 5.74) is 2.78. The molecule has 3 amide bonds. The van der Waals surface area contributed by atoms with Crippen molar-refractivity contribution in [1.82, 2.24) is 14.4 Å². The van der Waals surface area contributed by atoms with Crippen molar-refractivity contribution >= 4 is 17.6 Å². The van der Waals surface area contributed by atoms with Gasteiger partial charge in [-0.15, -0.1) is 0 Å². The van der Waals surface area contributed by atoms with Gasteiger partial charge in [0.25, 0.3) is 0 Å². The Morgan fingerprint density at radius 1 is 1.12 bits per heavy atom. The number of hydrogen-bond acceptors (Lipinski definition) is 3. The predicted molar refractivity (Wildman–Crippen MR) is 125 cm³/mol. The van der Waals surface area contributed by atoms with Crippen LogP contribution in [0.3, 0.4) is 0 Å². The van der Waals surface area contributed by atoms with Crippen LogP contribution in [0.15, 0.2) is 65.4 Å². The number of anilines is 1. The molecule has 1 aromatic carbocycles. The third kappa shape index (κ3) is 6.03. The Balaban J connectivity index is 1.77. The summed E-state index contributed by atoms with van der Waals surface area (Å²) in [7, 11) is 1.95. The minimum atomic E-state index is -0.282. The summed E-state index contributed by atoms with van der Waals surface area (Å²) in [6.45, 7) is 6.69. The van der Waals surface area contributed by atoms with Gasteiger partial charge >= 0.3 is 6.03 Å². The van der Waals surface area contributed by atoms with Crippen molar-refractivity contribution < 1.29 is 14.0 Å². The molecule has 3 aromatic rings. The second-order valence-corrected chi connectivity index (χ2v) is 8.12. The standard InChI is InChI=1S/C25H32N4O3/c1-5-20(3)29(25(31)26-21-10-6-9-19(2)15-21)18-24(30)28(17-23-12-8-14-32-23)16-22-11-7-13-27(22)4/h6-15,20H,5,16-18H2,1-4H3,(H,26,31). The summed E-state index contributed by atoms with van der Waals surface area (Å²) in [5, 5.41) is 2.94. The van der Waals surface area contributed by atoms with Crippen molar-refractivity contribution in [2.45, 2.75) is 46.3 Å².